The quantitative estimate of drug-likeness (QED) is 0.734. The summed E-state index contributed by atoms with van der Waals surface area (Å²) in [6.07, 6.45) is -0.928. The van der Waals surface area contributed by atoms with Crippen LogP contribution in [0.25, 0.3) is 0 Å². The van der Waals surface area contributed by atoms with Crippen LogP contribution in [-0.4, -0.2) is 43.1 Å². The van der Waals surface area contributed by atoms with E-state index in [1.807, 2.05) is 11.8 Å². The van der Waals surface area contributed by atoms with E-state index >= 15 is 0 Å². The molecule has 0 amide bonds. The Morgan fingerprint density at radius 3 is 2.39 bits per heavy atom. The van der Waals surface area contributed by atoms with E-state index in [0.717, 1.165) is 31.3 Å². The van der Waals surface area contributed by atoms with Crippen molar-refractivity contribution in [2.75, 3.05) is 18.0 Å². The topological polar surface area (TPSA) is 82.5 Å². The van der Waals surface area contributed by atoms with Crippen molar-refractivity contribution >= 4 is 15.8 Å². The first kappa shape index (κ1) is 20.6. The van der Waals surface area contributed by atoms with Crippen LogP contribution in [0.2, 0.25) is 0 Å². The highest BCUT2D eigenvalue weighted by Gasteiger charge is 2.38. The Hall–Kier alpha value is -2.17. The lowest BCUT2D eigenvalue weighted by Gasteiger charge is -2.29. The van der Waals surface area contributed by atoms with E-state index in [1.54, 1.807) is 12.1 Å². The average molecular weight is 415 g/mol. The number of nitrogens with zero attached hydrogens (tertiary/aromatic N) is 2. The molecule has 2 aromatic rings. The highest BCUT2D eigenvalue weighted by atomic mass is 32.2. The molecule has 0 spiro atoms. The third-order valence-corrected chi connectivity index (χ3v) is 5.63. The molecule has 0 saturated carbocycles. The summed E-state index contributed by atoms with van der Waals surface area (Å²) in [5, 5.41) is 3.32. The highest BCUT2D eigenvalue weighted by Crippen LogP contribution is 2.34. The minimum absolute atomic E-state index is 0.0666. The molecule has 152 valence electrons. The lowest BCUT2D eigenvalue weighted by atomic mass is 10.2. The van der Waals surface area contributed by atoms with Crippen molar-refractivity contribution < 1.29 is 26.1 Å². The maximum Gasteiger partial charge on any atom is 0.417 e. The lowest BCUT2D eigenvalue weighted by Crippen LogP contribution is -2.43. The number of nitrogens with one attached hydrogen (secondary N) is 1. The number of benzene rings is 1. The number of aromatic nitrogens is 1. The van der Waals surface area contributed by atoms with Gasteiger partial charge in [0.15, 0.2) is 0 Å². The zero-order valence-electron chi connectivity index (χ0n) is 15.0. The molecule has 28 heavy (non-hydrogen) atoms. The van der Waals surface area contributed by atoms with Crippen molar-refractivity contribution in [3.05, 3.63) is 53.9 Å². The predicted octanol–water partition coefficient (Wildman–Crippen LogP) is 2.89. The highest BCUT2D eigenvalue weighted by molar-refractivity contribution is 7.85. The molecule has 3 heterocycles. The molecule has 2 aliphatic rings. The Kier molecular flexibility index (Phi) is 5.64. The number of alkyl halides is 3. The van der Waals surface area contributed by atoms with Crippen LogP contribution < -0.4 is 10.2 Å². The molecule has 2 N–H and O–H groups in total. The minimum atomic E-state index is -4.32. The molecule has 2 atom stereocenters. The second-order valence-electron chi connectivity index (χ2n) is 6.86. The van der Waals surface area contributed by atoms with Gasteiger partial charge >= 0.3 is 6.18 Å². The van der Waals surface area contributed by atoms with E-state index in [-0.39, 0.29) is 4.90 Å². The van der Waals surface area contributed by atoms with Crippen LogP contribution in [-0.2, 0) is 16.3 Å². The molecule has 2 saturated heterocycles. The molecule has 1 aromatic carbocycles. The molecule has 0 unspecified atom stereocenters. The van der Waals surface area contributed by atoms with Crippen molar-refractivity contribution in [3.8, 4) is 0 Å². The second-order valence-corrected chi connectivity index (χ2v) is 8.29. The molecule has 0 radical (unpaired) electrons. The van der Waals surface area contributed by atoms with Gasteiger partial charge in [-0.2, -0.15) is 21.6 Å². The van der Waals surface area contributed by atoms with Gasteiger partial charge in [-0.15, -0.1) is 0 Å². The molecule has 4 rings (SSSR count). The SMILES string of the molecule is Cc1ccc(S(=O)(=O)O)cc1.FC(F)(F)c1cncc(N2C[C@H]3C[C@@H]2CN3)c1. The van der Waals surface area contributed by atoms with E-state index in [0.29, 0.717) is 17.8 Å². The number of rotatable bonds is 2. The Labute approximate surface area is 161 Å². The third-order valence-electron chi connectivity index (χ3n) is 4.76. The molecule has 2 bridgehead atoms. The number of pyridine rings is 1. The zero-order chi connectivity index (χ0) is 20.5. The van der Waals surface area contributed by atoms with Crippen LogP contribution in [0.15, 0.2) is 47.6 Å². The van der Waals surface area contributed by atoms with E-state index in [4.69, 9.17) is 4.55 Å². The van der Waals surface area contributed by atoms with E-state index in [9.17, 15) is 21.6 Å². The van der Waals surface area contributed by atoms with Gasteiger partial charge in [-0.1, -0.05) is 17.7 Å². The summed E-state index contributed by atoms with van der Waals surface area (Å²) in [5.41, 5.74) is 0.858. The third kappa shape index (κ3) is 4.81. The Balaban J connectivity index is 0.000000178. The zero-order valence-corrected chi connectivity index (χ0v) is 15.8. The van der Waals surface area contributed by atoms with Crippen LogP contribution in [0.1, 0.15) is 17.5 Å². The van der Waals surface area contributed by atoms with E-state index < -0.39 is 21.9 Å². The molecular formula is C18H20F3N3O3S. The summed E-state index contributed by atoms with van der Waals surface area (Å²) in [6, 6.07) is 7.90. The standard InChI is InChI=1S/C11H12F3N3.C7H8O3S/c12-11(13,14)7-1-9(4-15-3-7)17-6-8-2-10(17)5-16-8;1-6-2-4-7(5-3-6)11(8,9)10/h1,3-4,8,10,16H,2,5-6H2;2-5H,1H3,(H,8,9,10)/t8-,10-;/m1./s1. The van der Waals surface area contributed by atoms with Gasteiger partial charge in [0.25, 0.3) is 10.1 Å². The van der Waals surface area contributed by atoms with Gasteiger partial charge in [0, 0.05) is 31.4 Å². The molecule has 2 aliphatic heterocycles. The molecule has 0 aliphatic carbocycles. The summed E-state index contributed by atoms with van der Waals surface area (Å²) >= 11 is 0. The van der Waals surface area contributed by atoms with Gasteiger partial charge in [-0.05, 0) is 31.5 Å². The maximum atomic E-state index is 12.6. The van der Waals surface area contributed by atoms with Crippen molar-refractivity contribution in [3.63, 3.8) is 0 Å². The predicted molar refractivity (Wildman–Crippen MR) is 97.8 cm³/mol. The Morgan fingerprint density at radius 2 is 1.89 bits per heavy atom. The fourth-order valence-corrected chi connectivity index (χ4v) is 3.81. The first-order valence-electron chi connectivity index (χ1n) is 8.60. The first-order valence-corrected chi connectivity index (χ1v) is 10.0. The van der Waals surface area contributed by atoms with Crippen molar-refractivity contribution in [2.24, 2.45) is 0 Å². The normalized spacial score (nSPS) is 21.4. The lowest BCUT2D eigenvalue weighted by molar-refractivity contribution is -0.137. The van der Waals surface area contributed by atoms with Gasteiger partial charge in [0.1, 0.15) is 0 Å². The van der Waals surface area contributed by atoms with Crippen molar-refractivity contribution in [1.82, 2.24) is 10.3 Å². The number of aryl methyl sites for hydroxylation is 1. The van der Waals surface area contributed by atoms with Gasteiger partial charge in [0.05, 0.1) is 22.3 Å². The van der Waals surface area contributed by atoms with Gasteiger partial charge in [-0.25, -0.2) is 0 Å². The summed E-state index contributed by atoms with van der Waals surface area (Å²) in [5.74, 6) is 0. The number of piperazine rings is 1. The minimum Gasteiger partial charge on any atom is -0.364 e. The van der Waals surface area contributed by atoms with Crippen LogP contribution >= 0.6 is 0 Å². The maximum absolute atomic E-state index is 12.6. The van der Waals surface area contributed by atoms with Gasteiger partial charge in [-0.3, -0.25) is 9.54 Å². The summed E-state index contributed by atoms with van der Waals surface area (Å²) in [7, 11) is -4.02. The number of halogens is 3. The van der Waals surface area contributed by atoms with Gasteiger partial charge in [0.2, 0.25) is 0 Å². The summed E-state index contributed by atoms with van der Waals surface area (Å²) in [6.45, 7) is 3.46. The smallest absolute Gasteiger partial charge is 0.364 e. The molecule has 6 nitrogen and oxygen atoms in total. The number of fused-ring (bicyclic) bond motifs is 2. The molecule has 1 aromatic heterocycles. The van der Waals surface area contributed by atoms with E-state index in [1.165, 1.54) is 24.4 Å². The summed E-state index contributed by atoms with van der Waals surface area (Å²) < 4.78 is 67.3. The largest absolute Gasteiger partial charge is 0.417 e. The fraction of sp³-hybridized carbons (Fsp3) is 0.389. The average Bonchev–Trinajstić information content (AvgIpc) is 3.25. The van der Waals surface area contributed by atoms with Gasteiger partial charge < -0.3 is 10.2 Å². The molecule has 2 fully saturated rings. The monoisotopic (exact) mass is 415 g/mol. The van der Waals surface area contributed by atoms with Crippen LogP contribution in [0, 0.1) is 6.92 Å². The Bertz CT molecular complexity index is 933. The van der Waals surface area contributed by atoms with Crippen LogP contribution in [0.4, 0.5) is 18.9 Å². The fourth-order valence-electron chi connectivity index (χ4n) is 3.33. The van der Waals surface area contributed by atoms with E-state index in [2.05, 4.69) is 10.3 Å². The van der Waals surface area contributed by atoms with Crippen LogP contribution in [0.3, 0.4) is 0 Å². The number of anilines is 1. The second kappa shape index (κ2) is 7.69. The molecular weight excluding hydrogens is 395 g/mol. The van der Waals surface area contributed by atoms with Crippen LogP contribution in [0.5, 0.6) is 0 Å². The molecule has 10 heteroatoms. The number of hydrogen-bond acceptors (Lipinski definition) is 5. The summed E-state index contributed by atoms with van der Waals surface area (Å²) in [4.78, 5) is 5.65. The first-order chi connectivity index (χ1) is 13.0. The Morgan fingerprint density at radius 1 is 1.21 bits per heavy atom. The number of hydrogen-bond donors (Lipinski definition) is 2. The van der Waals surface area contributed by atoms with Crippen molar-refractivity contribution in [2.45, 2.75) is 36.5 Å². The van der Waals surface area contributed by atoms with Crippen molar-refractivity contribution in [1.29, 1.82) is 0 Å².